The number of aromatic nitrogens is 5. The molecule has 1 fully saturated rings. The third-order valence-electron chi connectivity index (χ3n) is 8.99. The quantitative estimate of drug-likeness (QED) is 0.126. The van der Waals surface area contributed by atoms with Gasteiger partial charge in [-0.15, -0.1) is 0 Å². The molecular formula is C40H50F4N8O8. The standard InChI is InChI=1S/C40H50F4N8O8/c1-37(2,3)58-34(54)49-40(30(53)31(43)44)12-11-13-50(19-40)27-17-45-26(23-15-25(42)28(57-10)16-24(23)41)14-22(27)18-51-21-48-29-32(51)46-20-47-33(29)52(35(55)59-38(4,5)6)36(56)60-39(7,8)9/h14-17,20-21,30-31,53H,11-13,18-19H2,1-10H3,(H,49,54). The number of pyridine rings is 1. The lowest BCUT2D eigenvalue weighted by atomic mass is 9.83. The molecule has 2 atom stereocenters. The Morgan fingerprint density at radius 1 is 0.900 bits per heavy atom. The van der Waals surface area contributed by atoms with E-state index in [1.165, 1.54) is 30.3 Å². The van der Waals surface area contributed by atoms with E-state index >= 15 is 4.39 Å². The van der Waals surface area contributed by atoms with Crippen LogP contribution in [0.2, 0.25) is 0 Å². The molecule has 3 aromatic heterocycles. The van der Waals surface area contributed by atoms with Gasteiger partial charge in [0.2, 0.25) is 0 Å². The van der Waals surface area contributed by atoms with Crippen LogP contribution >= 0.6 is 0 Å². The minimum absolute atomic E-state index is 0.0173. The highest BCUT2D eigenvalue weighted by atomic mass is 19.3. The molecule has 20 heteroatoms. The van der Waals surface area contributed by atoms with Gasteiger partial charge < -0.3 is 38.8 Å². The number of nitrogens with zero attached hydrogens (tertiary/aromatic N) is 7. The summed E-state index contributed by atoms with van der Waals surface area (Å²) in [5.41, 5.74) is -4.41. The van der Waals surface area contributed by atoms with Gasteiger partial charge in [-0.1, -0.05) is 0 Å². The average Bonchev–Trinajstić information content (AvgIpc) is 3.53. The number of hydrogen-bond donors (Lipinski definition) is 2. The highest BCUT2D eigenvalue weighted by molar-refractivity contribution is 6.12. The number of alkyl halides is 2. The second-order valence-electron chi connectivity index (χ2n) is 17.3. The number of aliphatic hydroxyl groups is 1. The first-order chi connectivity index (χ1) is 27.8. The SMILES string of the molecule is COc1cc(F)c(-c2cc(Cn3cnc4c(N(C(=O)OC(C)(C)C)C(=O)OC(C)(C)C)ncnc43)c(N3CCCC(NC(=O)OC(C)(C)C)(C(O)C(F)F)C3)cn2)cc1F. The number of piperidine rings is 1. The lowest BCUT2D eigenvalue weighted by Gasteiger charge is -2.46. The van der Waals surface area contributed by atoms with Gasteiger partial charge in [-0.05, 0) is 92.9 Å². The second kappa shape index (κ2) is 17.1. The summed E-state index contributed by atoms with van der Waals surface area (Å²) in [7, 11) is 1.19. The number of carbonyl (C=O) groups is 3. The Labute approximate surface area is 344 Å². The predicted molar refractivity (Wildman–Crippen MR) is 211 cm³/mol. The average molecular weight is 847 g/mol. The monoisotopic (exact) mass is 846 g/mol. The number of imidazole rings is 1. The molecule has 3 amide bonds. The number of ether oxygens (including phenoxy) is 4. The lowest BCUT2D eigenvalue weighted by molar-refractivity contribution is -0.0664. The largest absolute Gasteiger partial charge is 0.494 e. The van der Waals surface area contributed by atoms with Crippen LogP contribution in [0.4, 0.5) is 43.5 Å². The molecule has 0 aliphatic carbocycles. The fourth-order valence-electron chi connectivity index (χ4n) is 6.58. The number of rotatable bonds is 9. The molecule has 16 nitrogen and oxygen atoms in total. The molecule has 5 rings (SSSR count). The number of benzene rings is 1. The van der Waals surface area contributed by atoms with E-state index in [1.807, 2.05) is 0 Å². The van der Waals surface area contributed by atoms with Gasteiger partial charge in [0.1, 0.15) is 35.1 Å². The van der Waals surface area contributed by atoms with Crippen molar-refractivity contribution in [2.24, 2.45) is 0 Å². The van der Waals surface area contributed by atoms with E-state index in [0.29, 0.717) is 16.2 Å². The molecule has 4 heterocycles. The van der Waals surface area contributed by atoms with E-state index in [-0.39, 0.29) is 66.5 Å². The Morgan fingerprint density at radius 2 is 1.53 bits per heavy atom. The summed E-state index contributed by atoms with van der Waals surface area (Å²) in [6, 6.07) is 3.25. The van der Waals surface area contributed by atoms with Crippen LogP contribution in [0.25, 0.3) is 22.4 Å². The van der Waals surface area contributed by atoms with Crippen molar-refractivity contribution < 1.29 is 56.0 Å². The first-order valence-corrected chi connectivity index (χ1v) is 19.0. The molecule has 0 saturated carbocycles. The van der Waals surface area contributed by atoms with Crippen molar-refractivity contribution in [2.75, 3.05) is 30.0 Å². The van der Waals surface area contributed by atoms with Crippen LogP contribution in [-0.4, -0.2) is 103 Å². The number of carbonyl (C=O) groups excluding carboxylic acids is 3. The van der Waals surface area contributed by atoms with Crippen molar-refractivity contribution in [3.8, 4) is 17.0 Å². The molecule has 4 aromatic rings. The minimum Gasteiger partial charge on any atom is -0.494 e. The third kappa shape index (κ3) is 10.5. The van der Waals surface area contributed by atoms with Gasteiger partial charge in [0.05, 0.1) is 43.1 Å². The maximum absolute atomic E-state index is 15.5. The van der Waals surface area contributed by atoms with Gasteiger partial charge in [-0.25, -0.2) is 46.9 Å². The van der Waals surface area contributed by atoms with Gasteiger partial charge in [0, 0.05) is 24.7 Å². The number of imide groups is 1. The molecular weight excluding hydrogens is 796 g/mol. The number of alkyl carbamates (subject to hydrolysis) is 1. The maximum Gasteiger partial charge on any atom is 0.425 e. The number of halogens is 4. The molecule has 1 saturated heterocycles. The summed E-state index contributed by atoms with van der Waals surface area (Å²) < 4.78 is 82.0. The van der Waals surface area contributed by atoms with Gasteiger partial charge in [0.15, 0.2) is 28.5 Å². The zero-order chi connectivity index (χ0) is 44.5. The number of amides is 3. The third-order valence-corrected chi connectivity index (χ3v) is 8.99. The molecule has 2 unspecified atom stereocenters. The fraction of sp³-hybridized carbons (Fsp3) is 0.525. The summed E-state index contributed by atoms with van der Waals surface area (Å²) in [5.74, 6) is -2.31. The zero-order valence-electron chi connectivity index (χ0n) is 35.1. The smallest absolute Gasteiger partial charge is 0.425 e. The van der Waals surface area contributed by atoms with Crippen LogP contribution in [0.5, 0.6) is 5.75 Å². The molecule has 1 aliphatic rings. The topological polar surface area (TPSA) is 183 Å². The van der Waals surface area contributed by atoms with Crippen LogP contribution in [0.15, 0.2) is 37.1 Å². The first-order valence-electron chi connectivity index (χ1n) is 19.0. The van der Waals surface area contributed by atoms with Crippen LogP contribution < -0.4 is 19.9 Å². The molecule has 1 aromatic carbocycles. The van der Waals surface area contributed by atoms with Crippen molar-refractivity contribution in [1.82, 2.24) is 29.8 Å². The molecule has 0 radical (unpaired) electrons. The Balaban J connectivity index is 1.65. The summed E-state index contributed by atoms with van der Waals surface area (Å²) >= 11 is 0. The zero-order valence-corrected chi connectivity index (χ0v) is 35.1. The molecule has 326 valence electrons. The Morgan fingerprint density at radius 3 is 2.12 bits per heavy atom. The van der Waals surface area contributed by atoms with E-state index in [9.17, 15) is 32.7 Å². The Hall–Kier alpha value is -5.79. The van der Waals surface area contributed by atoms with E-state index in [0.717, 1.165) is 18.5 Å². The number of hydrogen-bond acceptors (Lipinski definition) is 13. The van der Waals surface area contributed by atoms with E-state index in [1.54, 1.807) is 67.2 Å². The van der Waals surface area contributed by atoms with E-state index in [2.05, 4.69) is 25.3 Å². The number of methoxy groups -OCH3 is 1. The number of nitrogens with one attached hydrogen (secondary N) is 1. The van der Waals surface area contributed by atoms with Gasteiger partial charge in [-0.3, -0.25) is 4.98 Å². The van der Waals surface area contributed by atoms with E-state index in [4.69, 9.17) is 18.9 Å². The molecule has 2 N–H and O–H groups in total. The van der Waals surface area contributed by atoms with Gasteiger partial charge in [0.25, 0.3) is 6.43 Å². The minimum atomic E-state index is -3.25. The molecule has 0 spiro atoms. The molecule has 0 bridgehead atoms. The first kappa shape index (κ1) is 45.3. The molecule has 60 heavy (non-hydrogen) atoms. The normalized spacial score (nSPS) is 16.7. The van der Waals surface area contributed by atoms with Crippen molar-refractivity contribution in [3.05, 3.63) is 54.2 Å². The highest BCUT2D eigenvalue weighted by Gasteiger charge is 2.48. The summed E-state index contributed by atoms with van der Waals surface area (Å²) in [4.78, 5) is 59.8. The predicted octanol–water partition coefficient (Wildman–Crippen LogP) is 7.39. The fourth-order valence-corrected chi connectivity index (χ4v) is 6.58. The van der Waals surface area contributed by atoms with Crippen molar-refractivity contribution >= 4 is 40.9 Å². The van der Waals surface area contributed by atoms with Crippen molar-refractivity contribution in [2.45, 2.75) is 117 Å². The summed E-state index contributed by atoms with van der Waals surface area (Å²) in [6.45, 7) is 14.3. The van der Waals surface area contributed by atoms with Crippen LogP contribution in [-0.2, 0) is 20.8 Å². The van der Waals surface area contributed by atoms with Crippen LogP contribution in [0, 0.1) is 11.6 Å². The lowest BCUT2D eigenvalue weighted by Crippen LogP contribution is -2.67. The van der Waals surface area contributed by atoms with Crippen molar-refractivity contribution in [1.29, 1.82) is 0 Å². The Bertz CT molecular complexity index is 2210. The number of fused-ring (bicyclic) bond motifs is 1. The molecule has 1 aliphatic heterocycles. The Kier molecular flexibility index (Phi) is 12.9. The highest BCUT2D eigenvalue weighted by Crippen LogP contribution is 2.36. The number of aliphatic hydroxyl groups excluding tert-OH is 1. The van der Waals surface area contributed by atoms with Gasteiger partial charge in [-0.2, -0.15) is 4.90 Å². The van der Waals surface area contributed by atoms with Crippen LogP contribution in [0.1, 0.15) is 80.7 Å². The summed E-state index contributed by atoms with van der Waals surface area (Å²) in [5, 5.41) is 13.4. The number of anilines is 2. The second-order valence-corrected chi connectivity index (χ2v) is 17.3. The van der Waals surface area contributed by atoms with Gasteiger partial charge >= 0.3 is 18.3 Å². The van der Waals surface area contributed by atoms with E-state index < -0.39 is 64.8 Å². The maximum atomic E-state index is 15.5. The van der Waals surface area contributed by atoms with Crippen molar-refractivity contribution in [3.63, 3.8) is 0 Å². The van der Waals surface area contributed by atoms with Crippen LogP contribution in [0.3, 0.4) is 0 Å². The summed E-state index contributed by atoms with van der Waals surface area (Å²) in [6.07, 6.45) is -4.81.